The van der Waals surface area contributed by atoms with Crippen LogP contribution >= 0.6 is 0 Å². The number of carbonyl (C=O) groups excluding carboxylic acids is 1. The molecule has 4 nitrogen and oxygen atoms in total. The fourth-order valence-electron chi connectivity index (χ4n) is 2.38. The first-order chi connectivity index (χ1) is 10.7. The Morgan fingerprint density at radius 2 is 1.95 bits per heavy atom. The van der Waals surface area contributed by atoms with Gasteiger partial charge >= 0.3 is 0 Å². The molecule has 22 heavy (non-hydrogen) atoms. The van der Waals surface area contributed by atoms with Crippen molar-refractivity contribution in [2.75, 3.05) is 12.3 Å². The second-order valence-corrected chi connectivity index (χ2v) is 5.04. The lowest BCUT2D eigenvalue weighted by atomic mass is 10.1. The molecular formula is C18H17NO3. The highest BCUT2D eigenvalue weighted by molar-refractivity contribution is 5.98. The monoisotopic (exact) mass is 295 g/mol. The van der Waals surface area contributed by atoms with Crippen molar-refractivity contribution in [1.29, 1.82) is 0 Å². The Kier molecular flexibility index (Phi) is 3.83. The third kappa shape index (κ3) is 2.81. The molecule has 4 heteroatoms. The maximum Gasteiger partial charge on any atom is 0.176 e. The lowest BCUT2D eigenvalue weighted by Crippen LogP contribution is -2.02. The summed E-state index contributed by atoms with van der Waals surface area (Å²) < 4.78 is 11.3. The average Bonchev–Trinajstić information content (AvgIpc) is 2.91. The van der Waals surface area contributed by atoms with Crippen LogP contribution in [0.4, 0.5) is 5.69 Å². The van der Waals surface area contributed by atoms with Crippen molar-refractivity contribution in [3.63, 3.8) is 0 Å². The van der Waals surface area contributed by atoms with Gasteiger partial charge in [-0.3, -0.25) is 4.79 Å². The molecule has 1 heterocycles. The number of furan rings is 1. The van der Waals surface area contributed by atoms with Gasteiger partial charge in [-0.25, -0.2) is 0 Å². The Balaban J connectivity index is 1.86. The maximum atomic E-state index is 12.3. The van der Waals surface area contributed by atoms with Gasteiger partial charge in [0.05, 0.1) is 13.0 Å². The van der Waals surface area contributed by atoms with Crippen LogP contribution in [0.3, 0.4) is 0 Å². The number of hydrogen-bond donors (Lipinski definition) is 1. The van der Waals surface area contributed by atoms with Gasteiger partial charge in [0, 0.05) is 16.6 Å². The van der Waals surface area contributed by atoms with E-state index in [-0.39, 0.29) is 12.2 Å². The Bertz CT molecular complexity index is 803. The molecule has 0 aliphatic carbocycles. The molecule has 2 N–H and O–H groups in total. The van der Waals surface area contributed by atoms with Crippen molar-refractivity contribution in [3.05, 3.63) is 59.9 Å². The van der Waals surface area contributed by atoms with Gasteiger partial charge in [0.2, 0.25) is 0 Å². The van der Waals surface area contributed by atoms with Crippen molar-refractivity contribution in [1.82, 2.24) is 0 Å². The molecule has 2 aromatic carbocycles. The summed E-state index contributed by atoms with van der Waals surface area (Å²) in [5, 5.41) is 0.936. The molecule has 0 spiro atoms. The minimum absolute atomic E-state index is 0.00276. The summed E-state index contributed by atoms with van der Waals surface area (Å²) in [4.78, 5) is 12.3. The fourth-order valence-corrected chi connectivity index (χ4v) is 2.38. The highest BCUT2D eigenvalue weighted by Gasteiger charge is 2.13. The van der Waals surface area contributed by atoms with Crippen LogP contribution in [0.25, 0.3) is 11.0 Å². The van der Waals surface area contributed by atoms with Crippen LogP contribution in [0.15, 0.2) is 52.9 Å². The highest BCUT2D eigenvalue weighted by atomic mass is 16.5. The smallest absolute Gasteiger partial charge is 0.176 e. The topological polar surface area (TPSA) is 65.5 Å². The van der Waals surface area contributed by atoms with Crippen LogP contribution < -0.4 is 10.5 Å². The quantitative estimate of drug-likeness (QED) is 0.573. The summed E-state index contributed by atoms with van der Waals surface area (Å²) in [5.74, 6) is 1.33. The number of nitrogen functional groups attached to an aromatic ring is 1. The van der Waals surface area contributed by atoms with Crippen LogP contribution in [0.1, 0.15) is 23.0 Å². The van der Waals surface area contributed by atoms with Crippen LogP contribution in [0.2, 0.25) is 0 Å². The molecule has 0 saturated heterocycles. The van der Waals surface area contributed by atoms with E-state index in [1.807, 2.05) is 31.2 Å². The molecule has 0 aliphatic heterocycles. The van der Waals surface area contributed by atoms with Gasteiger partial charge in [-0.15, -0.1) is 0 Å². The normalized spacial score (nSPS) is 10.8. The number of anilines is 1. The molecule has 0 radical (unpaired) electrons. The standard InChI is InChI=1S/C18H17NO3/c1-2-21-17-5-3-4-13-10-15(22-18(13)17)11-16(20)12-6-8-14(19)9-7-12/h3-10H,2,11,19H2,1H3. The van der Waals surface area contributed by atoms with E-state index in [0.717, 1.165) is 5.39 Å². The lowest BCUT2D eigenvalue weighted by Gasteiger charge is -2.02. The Hall–Kier alpha value is -2.75. The van der Waals surface area contributed by atoms with Crippen molar-refractivity contribution in [3.8, 4) is 5.75 Å². The van der Waals surface area contributed by atoms with E-state index in [4.69, 9.17) is 14.9 Å². The SMILES string of the molecule is CCOc1cccc2cc(CC(=O)c3ccc(N)cc3)oc12. The van der Waals surface area contributed by atoms with Crippen LogP contribution in [0.5, 0.6) is 5.75 Å². The first-order valence-electron chi connectivity index (χ1n) is 7.20. The second-order valence-electron chi connectivity index (χ2n) is 5.04. The number of fused-ring (bicyclic) bond motifs is 1. The van der Waals surface area contributed by atoms with Crippen LogP contribution in [-0.2, 0) is 6.42 Å². The van der Waals surface area contributed by atoms with Gasteiger partial charge in [-0.2, -0.15) is 0 Å². The van der Waals surface area contributed by atoms with Crippen molar-refractivity contribution in [2.45, 2.75) is 13.3 Å². The number of ether oxygens (including phenoxy) is 1. The Morgan fingerprint density at radius 1 is 1.18 bits per heavy atom. The molecule has 1 aromatic heterocycles. The number of carbonyl (C=O) groups is 1. The van der Waals surface area contributed by atoms with E-state index < -0.39 is 0 Å². The molecular weight excluding hydrogens is 278 g/mol. The molecule has 3 aromatic rings. The van der Waals surface area contributed by atoms with E-state index in [9.17, 15) is 4.79 Å². The van der Waals surface area contributed by atoms with E-state index in [1.54, 1.807) is 24.3 Å². The predicted molar refractivity (Wildman–Crippen MR) is 86.3 cm³/mol. The summed E-state index contributed by atoms with van der Waals surface area (Å²) in [6.07, 6.45) is 0.212. The van der Waals surface area contributed by atoms with E-state index in [2.05, 4.69) is 0 Å². The number of rotatable bonds is 5. The first-order valence-corrected chi connectivity index (χ1v) is 7.20. The minimum Gasteiger partial charge on any atom is -0.490 e. The maximum absolute atomic E-state index is 12.3. The van der Waals surface area contributed by atoms with Crippen molar-refractivity contribution < 1.29 is 13.9 Å². The van der Waals surface area contributed by atoms with Crippen molar-refractivity contribution >= 4 is 22.4 Å². The van der Waals surface area contributed by atoms with Crippen molar-refractivity contribution in [2.24, 2.45) is 0 Å². The molecule has 3 rings (SSSR count). The summed E-state index contributed by atoms with van der Waals surface area (Å²) in [5.41, 5.74) is 7.58. The first kappa shape index (κ1) is 14.2. The molecule has 0 amide bonds. The van der Waals surface area contributed by atoms with Gasteiger partial charge in [-0.1, -0.05) is 12.1 Å². The zero-order valence-corrected chi connectivity index (χ0v) is 12.3. The Labute approximate surface area is 128 Å². The van der Waals surface area contributed by atoms with Crippen LogP contribution in [0, 0.1) is 0 Å². The number of ketones is 1. The summed E-state index contributed by atoms with van der Waals surface area (Å²) >= 11 is 0. The van der Waals surface area contributed by atoms with Gasteiger partial charge in [0.1, 0.15) is 5.76 Å². The molecule has 0 atom stereocenters. The molecule has 0 saturated carbocycles. The lowest BCUT2D eigenvalue weighted by molar-refractivity contribution is 0.0987. The predicted octanol–water partition coefficient (Wildman–Crippen LogP) is 3.84. The van der Waals surface area contributed by atoms with Gasteiger partial charge in [0.15, 0.2) is 17.1 Å². The number of benzene rings is 2. The highest BCUT2D eigenvalue weighted by Crippen LogP contribution is 2.29. The third-order valence-electron chi connectivity index (χ3n) is 3.43. The fraction of sp³-hybridized carbons (Fsp3) is 0.167. The van der Waals surface area contributed by atoms with E-state index in [1.165, 1.54) is 0 Å². The molecule has 0 unspecified atom stereocenters. The number of Topliss-reactive ketones (excluding diaryl/α,β-unsaturated/α-hetero) is 1. The Morgan fingerprint density at radius 3 is 2.68 bits per heavy atom. The molecule has 0 aliphatic rings. The minimum atomic E-state index is -0.00276. The largest absolute Gasteiger partial charge is 0.490 e. The van der Waals surface area contributed by atoms with Gasteiger partial charge < -0.3 is 14.9 Å². The molecule has 112 valence electrons. The molecule has 0 fully saturated rings. The number of hydrogen-bond acceptors (Lipinski definition) is 4. The summed E-state index contributed by atoms with van der Waals surface area (Å²) in [6.45, 7) is 2.49. The third-order valence-corrected chi connectivity index (χ3v) is 3.43. The zero-order chi connectivity index (χ0) is 15.5. The van der Waals surface area contributed by atoms with Gasteiger partial charge in [0.25, 0.3) is 0 Å². The average molecular weight is 295 g/mol. The summed E-state index contributed by atoms with van der Waals surface area (Å²) in [7, 11) is 0. The number of nitrogens with two attached hydrogens (primary N) is 1. The zero-order valence-electron chi connectivity index (χ0n) is 12.3. The number of para-hydroxylation sites is 1. The van der Waals surface area contributed by atoms with E-state index in [0.29, 0.717) is 35.0 Å². The molecule has 0 bridgehead atoms. The van der Waals surface area contributed by atoms with E-state index >= 15 is 0 Å². The summed E-state index contributed by atoms with van der Waals surface area (Å²) in [6, 6.07) is 14.5. The second kappa shape index (κ2) is 5.93. The van der Waals surface area contributed by atoms with Gasteiger partial charge in [-0.05, 0) is 43.3 Å². The van der Waals surface area contributed by atoms with Crippen LogP contribution in [-0.4, -0.2) is 12.4 Å².